The van der Waals surface area contributed by atoms with Crippen LogP contribution in [0.5, 0.6) is 0 Å². The molecule has 0 bridgehead atoms. The van der Waals surface area contributed by atoms with E-state index >= 15 is 0 Å². The summed E-state index contributed by atoms with van der Waals surface area (Å²) < 4.78 is 35.1. The Balaban J connectivity index is 2.02. The molecule has 0 saturated carbocycles. The van der Waals surface area contributed by atoms with Crippen LogP contribution in [0, 0.1) is 18.3 Å². The summed E-state index contributed by atoms with van der Waals surface area (Å²) in [6.45, 7) is 2.81. The monoisotopic (exact) mass is 380 g/mol. The number of anilines is 1. The van der Waals surface area contributed by atoms with Crippen LogP contribution < -0.4 is 4.72 Å². The molecule has 1 aromatic carbocycles. The average molecular weight is 381 g/mol. The Kier molecular flexibility index (Phi) is 4.99. The van der Waals surface area contributed by atoms with Crippen LogP contribution in [0.1, 0.15) is 30.0 Å². The molecular formula is C16H17ClN4O3S. The zero-order valence-electron chi connectivity index (χ0n) is 13.6. The normalized spacial score (nSPS) is 15.7. The lowest BCUT2D eigenvalue weighted by molar-refractivity contribution is 0.0669. The van der Waals surface area contributed by atoms with Gasteiger partial charge < -0.3 is 4.74 Å². The number of aryl methyl sites for hydroxylation is 1. The lowest BCUT2D eigenvalue weighted by Gasteiger charge is -2.24. The molecule has 1 saturated heterocycles. The summed E-state index contributed by atoms with van der Waals surface area (Å²) in [5.74, 6) is 0.161. The lowest BCUT2D eigenvalue weighted by Crippen LogP contribution is -2.24. The number of nitrogens with zero attached hydrogens (tertiary/aromatic N) is 3. The van der Waals surface area contributed by atoms with Crippen molar-refractivity contribution < 1.29 is 13.2 Å². The number of aromatic nitrogens is 2. The second-order valence-electron chi connectivity index (χ2n) is 5.80. The Labute approximate surface area is 151 Å². The van der Waals surface area contributed by atoms with E-state index in [1.807, 2.05) is 6.07 Å². The molecule has 0 amide bonds. The van der Waals surface area contributed by atoms with Gasteiger partial charge in [0.05, 0.1) is 17.3 Å². The summed E-state index contributed by atoms with van der Waals surface area (Å²) in [5.41, 5.74) is 0.690. The summed E-state index contributed by atoms with van der Waals surface area (Å²) in [5, 5.41) is 13.7. The molecule has 2 heterocycles. The lowest BCUT2D eigenvalue weighted by atomic mass is 10.1. The first-order valence-corrected chi connectivity index (χ1v) is 9.63. The van der Waals surface area contributed by atoms with E-state index in [0.717, 1.165) is 0 Å². The molecule has 1 aliphatic heterocycles. The Bertz CT molecular complexity index is 907. The fourth-order valence-electron chi connectivity index (χ4n) is 2.89. The predicted octanol–water partition coefficient (Wildman–Crippen LogP) is 2.87. The zero-order valence-corrected chi connectivity index (χ0v) is 15.1. The van der Waals surface area contributed by atoms with Crippen LogP contribution in [-0.4, -0.2) is 31.4 Å². The van der Waals surface area contributed by atoms with Gasteiger partial charge in [0.15, 0.2) is 5.82 Å². The first kappa shape index (κ1) is 17.7. The minimum absolute atomic E-state index is 0.000263. The molecule has 0 radical (unpaired) electrons. The van der Waals surface area contributed by atoms with Gasteiger partial charge in [-0.2, -0.15) is 10.4 Å². The maximum atomic E-state index is 12.9. The molecule has 3 rings (SSSR count). The summed E-state index contributed by atoms with van der Waals surface area (Å²) in [6.07, 6.45) is 2.77. The Morgan fingerprint density at radius 2 is 2.12 bits per heavy atom. The number of benzene rings is 1. The molecule has 132 valence electrons. The minimum Gasteiger partial charge on any atom is -0.381 e. The smallest absolute Gasteiger partial charge is 0.264 e. The van der Waals surface area contributed by atoms with Gasteiger partial charge in [-0.1, -0.05) is 23.7 Å². The van der Waals surface area contributed by atoms with Crippen LogP contribution in [0.15, 0.2) is 29.3 Å². The third-order valence-corrected chi connectivity index (χ3v) is 6.08. The highest BCUT2D eigenvalue weighted by atomic mass is 35.5. The van der Waals surface area contributed by atoms with E-state index in [0.29, 0.717) is 31.6 Å². The third-order valence-electron chi connectivity index (χ3n) is 4.12. The molecule has 9 heteroatoms. The van der Waals surface area contributed by atoms with Crippen LogP contribution >= 0.6 is 11.6 Å². The van der Waals surface area contributed by atoms with Gasteiger partial charge >= 0.3 is 0 Å². The van der Waals surface area contributed by atoms with Gasteiger partial charge in [0.1, 0.15) is 16.5 Å². The largest absolute Gasteiger partial charge is 0.381 e. The summed E-state index contributed by atoms with van der Waals surface area (Å²) in [6, 6.07) is 6.83. The summed E-state index contributed by atoms with van der Waals surface area (Å²) >= 11 is 6.09. The van der Waals surface area contributed by atoms with Crippen molar-refractivity contribution in [3.63, 3.8) is 0 Å². The Hall–Kier alpha value is -2.08. The molecule has 0 unspecified atom stereocenters. The van der Waals surface area contributed by atoms with Gasteiger partial charge in [-0.3, -0.25) is 4.72 Å². The minimum atomic E-state index is -3.96. The number of rotatable bonds is 4. The first-order chi connectivity index (χ1) is 11.9. The molecule has 1 N–H and O–H groups in total. The number of hydrogen-bond donors (Lipinski definition) is 1. The van der Waals surface area contributed by atoms with Crippen LogP contribution in [-0.2, 0) is 14.8 Å². The van der Waals surface area contributed by atoms with Gasteiger partial charge in [0.25, 0.3) is 10.0 Å². The zero-order chi connectivity index (χ0) is 18.0. The van der Waals surface area contributed by atoms with E-state index in [9.17, 15) is 13.7 Å². The quantitative estimate of drug-likeness (QED) is 0.879. The Morgan fingerprint density at radius 1 is 1.40 bits per heavy atom. The molecule has 25 heavy (non-hydrogen) atoms. The van der Waals surface area contributed by atoms with E-state index in [-0.39, 0.29) is 27.3 Å². The van der Waals surface area contributed by atoms with E-state index < -0.39 is 10.0 Å². The van der Waals surface area contributed by atoms with E-state index in [1.54, 1.807) is 23.7 Å². The fourth-order valence-corrected chi connectivity index (χ4v) is 4.79. The predicted molar refractivity (Wildman–Crippen MR) is 93.0 cm³/mol. The van der Waals surface area contributed by atoms with Crippen molar-refractivity contribution >= 4 is 27.4 Å². The highest BCUT2D eigenvalue weighted by Crippen LogP contribution is 2.31. The maximum Gasteiger partial charge on any atom is 0.264 e. The molecule has 2 aromatic rings. The number of nitriles is 1. The highest BCUT2D eigenvalue weighted by molar-refractivity contribution is 7.92. The van der Waals surface area contributed by atoms with Crippen LogP contribution in [0.2, 0.25) is 5.02 Å². The Morgan fingerprint density at radius 3 is 2.76 bits per heavy atom. The SMILES string of the molecule is Cc1cccc(Cl)c1S(=O)(=O)Nc1c(C#N)cnn1C1CCOCC1. The second-order valence-corrected chi connectivity index (χ2v) is 7.82. The first-order valence-electron chi connectivity index (χ1n) is 7.77. The maximum absolute atomic E-state index is 12.9. The molecule has 1 aliphatic rings. The third kappa shape index (κ3) is 3.49. The van der Waals surface area contributed by atoms with Crippen molar-refractivity contribution in [2.45, 2.75) is 30.7 Å². The van der Waals surface area contributed by atoms with E-state index in [1.165, 1.54) is 12.3 Å². The van der Waals surface area contributed by atoms with Crippen LogP contribution in [0.4, 0.5) is 5.82 Å². The van der Waals surface area contributed by atoms with Gasteiger partial charge in [-0.15, -0.1) is 0 Å². The molecule has 7 nitrogen and oxygen atoms in total. The van der Waals surface area contributed by atoms with E-state index in [2.05, 4.69) is 9.82 Å². The number of sulfonamides is 1. The van der Waals surface area contributed by atoms with Gasteiger partial charge in [-0.25, -0.2) is 13.1 Å². The van der Waals surface area contributed by atoms with Crippen molar-refractivity contribution in [1.82, 2.24) is 9.78 Å². The van der Waals surface area contributed by atoms with Crippen LogP contribution in [0.25, 0.3) is 0 Å². The molecule has 1 fully saturated rings. The van der Waals surface area contributed by atoms with Crippen molar-refractivity contribution in [1.29, 1.82) is 5.26 Å². The van der Waals surface area contributed by atoms with Crippen molar-refractivity contribution in [3.05, 3.63) is 40.5 Å². The van der Waals surface area contributed by atoms with Crippen LogP contribution in [0.3, 0.4) is 0 Å². The molecule has 1 aromatic heterocycles. The fraction of sp³-hybridized carbons (Fsp3) is 0.375. The standard InChI is InChI=1S/C16H17ClN4O3S/c1-11-3-2-4-14(17)15(11)25(22,23)20-16-12(9-18)10-19-21(16)13-5-7-24-8-6-13/h2-4,10,13,20H,5-8H2,1H3. The average Bonchev–Trinajstić information content (AvgIpc) is 2.97. The van der Waals surface area contributed by atoms with Crippen molar-refractivity contribution in [3.8, 4) is 6.07 Å². The van der Waals surface area contributed by atoms with Gasteiger partial charge in [-0.05, 0) is 31.4 Å². The van der Waals surface area contributed by atoms with Crippen molar-refractivity contribution in [2.75, 3.05) is 17.9 Å². The summed E-state index contributed by atoms with van der Waals surface area (Å²) in [7, 11) is -3.96. The number of hydrogen-bond acceptors (Lipinski definition) is 5. The van der Waals surface area contributed by atoms with E-state index in [4.69, 9.17) is 16.3 Å². The summed E-state index contributed by atoms with van der Waals surface area (Å²) in [4.78, 5) is 0.000263. The molecule has 0 aliphatic carbocycles. The highest BCUT2D eigenvalue weighted by Gasteiger charge is 2.27. The molecule has 0 spiro atoms. The topological polar surface area (TPSA) is 97.0 Å². The van der Waals surface area contributed by atoms with Gasteiger partial charge in [0.2, 0.25) is 0 Å². The number of nitrogens with one attached hydrogen (secondary N) is 1. The number of halogens is 1. The molecule has 0 atom stereocenters. The second kappa shape index (κ2) is 7.04. The number of ether oxygens (including phenoxy) is 1. The molecular weight excluding hydrogens is 364 g/mol. The van der Waals surface area contributed by atoms with Gasteiger partial charge in [0, 0.05) is 13.2 Å². The van der Waals surface area contributed by atoms with Crippen molar-refractivity contribution in [2.24, 2.45) is 0 Å².